The van der Waals surface area contributed by atoms with Crippen LogP contribution in [0.2, 0.25) is 0 Å². The Hall–Kier alpha value is -3.55. The molecule has 0 unspecified atom stereocenters. The number of carboxylic acids is 1. The van der Waals surface area contributed by atoms with Crippen LogP contribution in [0.1, 0.15) is 63.6 Å². The molecule has 8 nitrogen and oxygen atoms in total. The molecule has 35 heavy (non-hydrogen) atoms. The SMILES string of the molecule is COC(=O)N(CCCCC[C@H](NC(=O)OC(C)(C)C)C(=O)O)C1c2ccccc2-c2ccccc21. The third-order valence-electron chi connectivity index (χ3n) is 5.90. The van der Waals surface area contributed by atoms with Crippen molar-refractivity contribution >= 4 is 18.2 Å². The smallest absolute Gasteiger partial charge is 0.410 e. The van der Waals surface area contributed by atoms with Crippen LogP contribution in [0.5, 0.6) is 0 Å². The zero-order valence-electron chi connectivity index (χ0n) is 20.7. The number of amides is 2. The van der Waals surface area contributed by atoms with Crippen molar-refractivity contribution < 1.29 is 29.0 Å². The van der Waals surface area contributed by atoms with Crippen LogP contribution in [-0.4, -0.2) is 53.5 Å². The van der Waals surface area contributed by atoms with Crippen LogP contribution in [0.4, 0.5) is 9.59 Å². The normalized spacial score (nSPS) is 13.4. The van der Waals surface area contributed by atoms with Gasteiger partial charge in [0.05, 0.1) is 13.2 Å². The molecule has 0 radical (unpaired) electrons. The first-order valence-corrected chi connectivity index (χ1v) is 11.9. The van der Waals surface area contributed by atoms with Gasteiger partial charge >= 0.3 is 18.2 Å². The number of hydrogen-bond donors (Lipinski definition) is 2. The summed E-state index contributed by atoms with van der Waals surface area (Å²) in [5.41, 5.74) is 3.64. The minimum absolute atomic E-state index is 0.240. The molecule has 188 valence electrons. The van der Waals surface area contributed by atoms with Crippen LogP contribution in [0, 0.1) is 0 Å². The number of carboxylic acid groups (broad SMARTS) is 1. The summed E-state index contributed by atoms with van der Waals surface area (Å²) >= 11 is 0. The van der Waals surface area contributed by atoms with E-state index in [1.165, 1.54) is 7.11 Å². The largest absolute Gasteiger partial charge is 0.480 e. The van der Waals surface area contributed by atoms with Crippen molar-refractivity contribution in [3.8, 4) is 11.1 Å². The van der Waals surface area contributed by atoms with Crippen molar-refractivity contribution in [2.75, 3.05) is 13.7 Å². The molecule has 1 atom stereocenters. The number of nitrogens with zero attached hydrogens (tertiary/aromatic N) is 1. The van der Waals surface area contributed by atoms with Gasteiger partial charge in [0.1, 0.15) is 11.6 Å². The number of fused-ring (bicyclic) bond motifs is 3. The average molecular weight is 483 g/mol. The Bertz CT molecular complexity index is 1020. The molecule has 2 aromatic rings. The minimum atomic E-state index is -1.11. The quantitative estimate of drug-likeness (QED) is 0.466. The Kier molecular flexibility index (Phi) is 8.38. The van der Waals surface area contributed by atoms with Crippen LogP contribution < -0.4 is 5.32 Å². The predicted octanol–water partition coefficient (Wildman–Crippen LogP) is 5.36. The second kappa shape index (κ2) is 11.3. The van der Waals surface area contributed by atoms with Gasteiger partial charge in [-0.25, -0.2) is 14.4 Å². The van der Waals surface area contributed by atoms with E-state index < -0.39 is 29.8 Å². The molecule has 0 saturated heterocycles. The third-order valence-corrected chi connectivity index (χ3v) is 5.90. The second-order valence-electron chi connectivity index (χ2n) is 9.63. The van der Waals surface area contributed by atoms with Crippen molar-refractivity contribution in [2.24, 2.45) is 0 Å². The topological polar surface area (TPSA) is 105 Å². The lowest BCUT2D eigenvalue weighted by molar-refractivity contribution is -0.139. The van der Waals surface area contributed by atoms with Gasteiger partial charge in [0, 0.05) is 6.54 Å². The van der Waals surface area contributed by atoms with Gasteiger partial charge in [-0.3, -0.25) is 4.90 Å². The summed E-state index contributed by atoms with van der Waals surface area (Å²) in [5, 5.41) is 11.9. The van der Waals surface area contributed by atoms with Gasteiger partial charge < -0.3 is 19.9 Å². The van der Waals surface area contributed by atoms with Gasteiger partial charge in [-0.2, -0.15) is 0 Å². The molecule has 1 aliphatic rings. The summed E-state index contributed by atoms with van der Waals surface area (Å²) in [4.78, 5) is 38.0. The first-order valence-electron chi connectivity index (χ1n) is 11.9. The van der Waals surface area contributed by atoms with E-state index in [4.69, 9.17) is 9.47 Å². The highest BCUT2D eigenvalue weighted by Gasteiger charge is 2.35. The van der Waals surface area contributed by atoms with E-state index in [-0.39, 0.29) is 12.5 Å². The van der Waals surface area contributed by atoms with E-state index in [0.717, 1.165) is 22.3 Å². The van der Waals surface area contributed by atoms with E-state index in [1.807, 2.05) is 36.4 Å². The molecule has 8 heteroatoms. The minimum Gasteiger partial charge on any atom is -0.480 e. The number of carbonyl (C=O) groups is 3. The monoisotopic (exact) mass is 482 g/mol. The third kappa shape index (κ3) is 6.53. The molecule has 0 spiro atoms. The lowest BCUT2D eigenvalue weighted by atomic mass is 10.0. The van der Waals surface area contributed by atoms with Gasteiger partial charge in [-0.15, -0.1) is 0 Å². The summed E-state index contributed by atoms with van der Waals surface area (Å²) in [6, 6.07) is 14.8. The number of aliphatic carboxylic acids is 1. The zero-order valence-corrected chi connectivity index (χ0v) is 20.7. The van der Waals surface area contributed by atoms with Gasteiger partial charge in [0.15, 0.2) is 0 Å². The fourth-order valence-electron chi connectivity index (χ4n) is 4.42. The van der Waals surface area contributed by atoms with Crippen LogP contribution in [0.3, 0.4) is 0 Å². The van der Waals surface area contributed by atoms with Crippen molar-refractivity contribution in [3.05, 3.63) is 59.7 Å². The molecular formula is C27H34N2O6. The van der Waals surface area contributed by atoms with Crippen LogP contribution >= 0.6 is 0 Å². The molecule has 2 amide bonds. The van der Waals surface area contributed by atoms with E-state index in [2.05, 4.69) is 17.4 Å². The fraction of sp³-hybridized carbons (Fsp3) is 0.444. The molecule has 2 aromatic carbocycles. The Morgan fingerprint density at radius 1 is 0.971 bits per heavy atom. The number of rotatable bonds is 9. The summed E-state index contributed by atoms with van der Waals surface area (Å²) < 4.78 is 10.3. The highest BCUT2D eigenvalue weighted by molar-refractivity contribution is 5.81. The predicted molar refractivity (Wildman–Crippen MR) is 132 cm³/mol. The maximum atomic E-state index is 12.8. The highest BCUT2D eigenvalue weighted by atomic mass is 16.6. The van der Waals surface area contributed by atoms with Gasteiger partial charge in [-0.05, 0) is 55.9 Å². The van der Waals surface area contributed by atoms with Gasteiger partial charge in [0.25, 0.3) is 0 Å². The molecule has 0 aliphatic heterocycles. The summed E-state index contributed by atoms with van der Waals surface area (Å²) in [6.45, 7) is 5.61. The number of benzene rings is 2. The number of nitrogens with one attached hydrogen (secondary N) is 1. The Morgan fingerprint density at radius 2 is 1.54 bits per heavy atom. The summed E-state index contributed by atoms with van der Waals surface area (Å²) in [6.07, 6.45) is 1.02. The van der Waals surface area contributed by atoms with E-state index in [9.17, 15) is 19.5 Å². The number of ether oxygens (including phenoxy) is 2. The number of methoxy groups -OCH3 is 1. The maximum Gasteiger partial charge on any atom is 0.410 e. The fourth-order valence-corrected chi connectivity index (χ4v) is 4.42. The number of hydrogen-bond acceptors (Lipinski definition) is 5. The molecule has 3 rings (SSSR count). The Morgan fingerprint density at radius 3 is 2.06 bits per heavy atom. The molecule has 0 heterocycles. The zero-order chi connectivity index (χ0) is 25.6. The lowest BCUT2D eigenvalue weighted by Crippen LogP contribution is -2.43. The highest BCUT2D eigenvalue weighted by Crippen LogP contribution is 2.46. The van der Waals surface area contributed by atoms with Crippen molar-refractivity contribution in [2.45, 2.75) is 64.1 Å². The first-order chi connectivity index (χ1) is 16.6. The summed E-state index contributed by atoms with van der Waals surface area (Å²) in [5.74, 6) is -1.11. The number of unbranched alkanes of at least 4 members (excludes halogenated alkanes) is 2. The molecule has 0 fully saturated rings. The lowest BCUT2D eigenvalue weighted by Gasteiger charge is -2.29. The van der Waals surface area contributed by atoms with Crippen LogP contribution in [-0.2, 0) is 14.3 Å². The van der Waals surface area contributed by atoms with Gasteiger partial charge in [-0.1, -0.05) is 61.4 Å². The Balaban J connectivity index is 1.62. The standard InChI is InChI=1S/C27H34N2O6/c1-27(2,3)35-25(32)28-22(24(30)31)16-6-5-11-17-29(26(33)34-4)23-20-14-9-7-12-18(20)19-13-8-10-15-21(19)23/h7-10,12-15,22-23H,5-6,11,16-17H2,1-4H3,(H,28,32)(H,30,31)/t22-/m0/s1. The molecule has 0 bridgehead atoms. The van der Waals surface area contributed by atoms with Crippen molar-refractivity contribution in [3.63, 3.8) is 0 Å². The maximum absolute atomic E-state index is 12.8. The molecule has 0 saturated carbocycles. The number of alkyl carbamates (subject to hydrolysis) is 1. The van der Waals surface area contributed by atoms with E-state index in [0.29, 0.717) is 25.8 Å². The van der Waals surface area contributed by atoms with Crippen molar-refractivity contribution in [1.82, 2.24) is 10.2 Å². The molecular weight excluding hydrogens is 448 g/mol. The Labute approximate surface area is 206 Å². The first kappa shape index (κ1) is 26.1. The van der Waals surface area contributed by atoms with Crippen LogP contribution in [0.25, 0.3) is 11.1 Å². The summed E-state index contributed by atoms with van der Waals surface area (Å²) in [7, 11) is 1.38. The average Bonchev–Trinajstić information content (AvgIpc) is 3.13. The second-order valence-corrected chi connectivity index (χ2v) is 9.63. The molecule has 1 aliphatic carbocycles. The van der Waals surface area contributed by atoms with Crippen LogP contribution in [0.15, 0.2) is 48.5 Å². The van der Waals surface area contributed by atoms with Crippen molar-refractivity contribution in [1.29, 1.82) is 0 Å². The van der Waals surface area contributed by atoms with E-state index >= 15 is 0 Å². The number of carbonyl (C=O) groups excluding carboxylic acids is 2. The molecule has 2 N–H and O–H groups in total. The molecule has 0 aromatic heterocycles. The van der Waals surface area contributed by atoms with E-state index in [1.54, 1.807) is 25.7 Å². The van der Waals surface area contributed by atoms with Gasteiger partial charge in [0.2, 0.25) is 0 Å².